The van der Waals surface area contributed by atoms with Crippen molar-refractivity contribution < 1.29 is 28.3 Å². The minimum Gasteiger partial charge on any atom is -0.458 e. The zero-order valence-electron chi connectivity index (χ0n) is 19.0. The topological polar surface area (TPSA) is 107 Å². The largest absolute Gasteiger partial charge is 0.458 e. The normalized spacial score (nSPS) is 14.9. The van der Waals surface area contributed by atoms with E-state index in [0.717, 1.165) is 10.4 Å². The first kappa shape index (κ1) is 24.6. The third-order valence-corrected chi connectivity index (χ3v) is 5.73. The molecule has 11 heteroatoms. The molecule has 3 aromatic rings. The quantitative estimate of drug-likeness (QED) is 0.372. The van der Waals surface area contributed by atoms with Gasteiger partial charge in [0.2, 0.25) is 6.04 Å². The van der Waals surface area contributed by atoms with Gasteiger partial charge in [0.25, 0.3) is 6.20 Å². The van der Waals surface area contributed by atoms with E-state index in [1.165, 1.54) is 10.9 Å². The van der Waals surface area contributed by atoms with Crippen LogP contribution in [0.1, 0.15) is 11.6 Å². The average molecular weight is 502 g/mol. The van der Waals surface area contributed by atoms with Crippen LogP contribution in [0.5, 0.6) is 0 Å². The summed E-state index contributed by atoms with van der Waals surface area (Å²) in [6.45, 7) is 2.54. The summed E-state index contributed by atoms with van der Waals surface area (Å²) in [5.41, 5.74) is 0.695. The van der Waals surface area contributed by atoms with Crippen LogP contribution in [0.4, 0.5) is 10.5 Å². The number of carbonyl (C=O) groups excluding carboxylic acids is 2. The number of amides is 1. The Morgan fingerprint density at radius 1 is 1.09 bits per heavy atom. The summed E-state index contributed by atoms with van der Waals surface area (Å²) >= 11 is 5.90. The second-order valence-electron chi connectivity index (χ2n) is 8.04. The Balaban J connectivity index is 1.52. The lowest BCUT2D eigenvalue weighted by Crippen LogP contribution is -2.53. The standard InChI is InChI=1S/C24H25ClN4O6/c25-19-6-8-20(9-7-19)26-24(32)29-28(16-23(31)35-29)21(14-18-4-2-1-3-5-18)17-34-22(30)15-27-10-12-33-13-11-27/h1-9,16,21H,10-15,17H2/p+1. The maximum Gasteiger partial charge on any atom is 0.427 e. The van der Waals surface area contributed by atoms with Crippen LogP contribution in [0.2, 0.25) is 5.02 Å². The molecular formula is C24H26ClN4O6+. The molecule has 1 aromatic heterocycles. The first-order chi connectivity index (χ1) is 17.0. The summed E-state index contributed by atoms with van der Waals surface area (Å²) in [6.07, 6.45) is 1.56. The van der Waals surface area contributed by atoms with Crippen LogP contribution in [0.3, 0.4) is 0 Å². The Bertz CT molecular complexity index is 1190. The summed E-state index contributed by atoms with van der Waals surface area (Å²) in [6, 6.07) is 14.7. The number of anilines is 1. The highest BCUT2D eigenvalue weighted by Crippen LogP contribution is 2.14. The predicted molar refractivity (Wildman–Crippen MR) is 126 cm³/mol. The number of carbonyl (C=O) groups is 2. The summed E-state index contributed by atoms with van der Waals surface area (Å²) in [5, 5.41) is 3.18. The molecular weight excluding hydrogens is 476 g/mol. The van der Waals surface area contributed by atoms with E-state index in [9.17, 15) is 14.4 Å². The molecule has 1 aliphatic rings. The smallest absolute Gasteiger partial charge is 0.427 e. The van der Waals surface area contributed by atoms with Crippen molar-refractivity contribution in [1.82, 2.24) is 9.75 Å². The molecule has 1 fully saturated rings. The fourth-order valence-electron chi connectivity index (χ4n) is 3.71. The van der Waals surface area contributed by atoms with Gasteiger partial charge in [-0.25, -0.2) is 9.59 Å². The van der Waals surface area contributed by atoms with Crippen molar-refractivity contribution in [2.45, 2.75) is 12.5 Å². The van der Waals surface area contributed by atoms with Crippen molar-refractivity contribution in [3.8, 4) is 0 Å². The number of aromatic nitrogens is 2. The number of nitrogens with one attached hydrogen (secondary N) is 1. The first-order valence-corrected chi connectivity index (χ1v) is 11.6. The molecule has 184 valence electrons. The summed E-state index contributed by atoms with van der Waals surface area (Å²) < 4.78 is 17.4. The van der Waals surface area contributed by atoms with Crippen LogP contribution in [-0.2, 0) is 20.7 Å². The Hall–Kier alpha value is -3.47. The SMILES string of the molecule is O=C(CN1CCOCC1)OCC(Cc1ccccc1)[n+]1cc(=O)on1C(=O)Nc1ccc(Cl)cc1. The molecule has 1 saturated heterocycles. The average Bonchev–Trinajstić information content (AvgIpc) is 3.26. The number of halogens is 1. The number of hydrogen-bond acceptors (Lipinski definition) is 7. The van der Waals surface area contributed by atoms with Gasteiger partial charge in [-0.3, -0.25) is 14.2 Å². The van der Waals surface area contributed by atoms with Crippen LogP contribution in [-0.4, -0.2) is 61.2 Å². The lowest BCUT2D eigenvalue weighted by atomic mass is 10.1. The van der Waals surface area contributed by atoms with E-state index in [1.54, 1.807) is 24.3 Å². The van der Waals surface area contributed by atoms with Crippen LogP contribution in [0.15, 0.2) is 70.1 Å². The van der Waals surface area contributed by atoms with Crippen LogP contribution < -0.4 is 15.6 Å². The van der Waals surface area contributed by atoms with E-state index in [4.69, 9.17) is 25.6 Å². The molecule has 0 radical (unpaired) electrons. The summed E-state index contributed by atoms with van der Waals surface area (Å²) in [7, 11) is 0. The monoisotopic (exact) mass is 501 g/mol. The fraction of sp³-hybridized carbons (Fsp3) is 0.333. The van der Waals surface area contributed by atoms with Gasteiger partial charge in [-0.1, -0.05) is 46.6 Å². The summed E-state index contributed by atoms with van der Waals surface area (Å²) in [4.78, 5) is 40.4. The fourth-order valence-corrected chi connectivity index (χ4v) is 3.84. The zero-order chi connectivity index (χ0) is 24.6. The molecule has 1 aliphatic heterocycles. The lowest BCUT2D eigenvalue weighted by molar-refractivity contribution is -0.800. The van der Waals surface area contributed by atoms with E-state index < -0.39 is 23.7 Å². The highest BCUT2D eigenvalue weighted by Gasteiger charge is 2.32. The van der Waals surface area contributed by atoms with E-state index in [-0.39, 0.29) is 13.2 Å². The lowest BCUT2D eigenvalue weighted by Gasteiger charge is -2.25. The van der Waals surface area contributed by atoms with Gasteiger partial charge in [0, 0.05) is 30.2 Å². The van der Waals surface area contributed by atoms with Crippen molar-refractivity contribution in [2.24, 2.45) is 0 Å². The molecule has 2 heterocycles. The van der Waals surface area contributed by atoms with E-state index in [1.807, 2.05) is 35.2 Å². The molecule has 1 amide bonds. The van der Waals surface area contributed by atoms with Gasteiger partial charge in [-0.05, 0) is 29.8 Å². The second-order valence-corrected chi connectivity index (χ2v) is 8.48. The van der Waals surface area contributed by atoms with Crippen LogP contribution in [0.25, 0.3) is 0 Å². The molecule has 10 nitrogen and oxygen atoms in total. The van der Waals surface area contributed by atoms with Crippen molar-refractivity contribution in [3.05, 3.63) is 81.8 Å². The Kier molecular flexibility index (Phi) is 8.30. The number of esters is 1. The predicted octanol–water partition coefficient (Wildman–Crippen LogP) is 2.12. The number of ether oxygens (including phenoxy) is 2. The molecule has 1 N–H and O–H groups in total. The van der Waals surface area contributed by atoms with Crippen molar-refractivity contribution in [1.29, 1.82) is 0 Å². The highest BCUT2D eigenvalue weighted by molar-refractivity contribution is 6.30. The molecule has 1 unspecified atom stereocenters. The molecule has 4 rings (SSSR count). The Morgan fingerprint density at radius 3 is 2.51 bits per heavy atom. The highest BCUT2D eigenvalue weighted by atomic mass is 35.5. The van der Waals surface area contributed by atoms with Crippen LogP contribution in [0, 0.1) is 0 Å². The third-order valence-electron chi connectivity index (χ3n) is 5.47. The molecule has 0 aliphatic carbocycles. The van der Waals surface area contributed by atoms with Crippen molar-refractivity contribution >= 4 is 29.3 Å². The third kappa shape index (κ3) is 7.01. The van der Waals surface area contributed by atoms with Gasteiger partial charge >= 0.3 is 17.6 Å². The number of nitrogens with zero attached hydrogens (tertiary/aromatic N) is 3. The van der Waals surface area contributed by atoms with Gasteiger partial charge < -0.3 is 14.8 Å². The maximum atomic E-state index is 12.9. The minimum atomic E-state index is -0.714. The van der Waals surface area contributed by atoms with E-state index in [0.29, 0.717) is 43.4 Å². The summed E-state index contributed by atoms with van der Waals surface area (Å²) in [5.74, 6) is -0.395. The van der Waals surface area contributed by atoms with Crippen LogP contribution >= 0.6 is 11.6 Å². The van der Waals surface area contributed by atoms with Gasteiger partial charge in [0.1, 0.15) is 0 Å². The van der Waals surface area contributed by atoms with E-state index >= 15 is 0 Å². The molecule has 2 aromatic carbocycles. The maximum absolute atomic E-state index is 12.9. The molecule has 35 heavy (non-hydrogen) atoms. The Morgan fingerprint density at radius 2 is 1.80 bits per heavy atom. The number of hydrogen-bond donors (Lipinski definition) is 1. The number of rotatable bonds is 8. The van der Waals surface area contributed by atoms with E-state index in [2.05, 4.69) is 5.32 Å². The molecule has 0 bridgehead atoms. The first-order valence-electron chi connectivity index (χ1n) is 11.2. The van der Waals surface area contributed by atoms with Gasteiger partial charge in [0.05, 0.1) is 24.6 Å². The number of morpholine rings is 1. The van der Waals surface area contributed by atoms with Crippen molar-refractivity contribution in [3.63, 3.8) is 0 Å². The van der Waals surface area contributed by atoms with Crippen molar-refractivity contribution in [2.75, 3.05) is 44.8 Å². The Labute approximate surface area is 206 Å². The second kappa shape index (κ2) is 11.8. The molecule has 1 atom stereocenters. The minimum absolute atomic E-state index is 0.0596. The molecule has 0 spiro atoms. The van der Waals surface area contributed by atoms with Gasteiger partial charge in [0.15, 0.2) is 6.61 Å². The van der Waals surface area contributed by atoms with Gasteiger partial charge in [-0.15, -0.1) is 0 Å². The van der Waals surface area contributed by atoms with Gasteiger partial charge in [-0.2, -0.15) is 0 Å². The zero-order valence-corrected chi connectivity index (χ0v) is 19.7. The molecule has 0 saturated carbocycles. The number of benzene rings is 2.